The highest BCUT2D eigenvalue weighted by Crippen LogP contribution is 2.19. The lowest BCUT2D eigenvalue weighted by molar-refractivity contribution is 0.594. The fourth-order valence-electron chi connectivity index (χ4n) is 2.04. The molecule has 106 valence electrons. The molecular formula is C15H16FNO2S. The van der Waals surface area contributed by atoms with E-state index in [1.54, 1.807) is 6.07 Å². The van der Waals surface area contributed by atoms with Gasteiger partial charge in [-0.25, -0.2) is 12.8 Å². The van der Waals surface area contributed by atoms with Crippen molar-refractivity contribution < 1.29 is 12.8 Å². The van der Waals surface area contributed by atoms with Gasteiger partial charge in [0.05, 0.1) is 11.5 Å². The number of benzene rings is 2. The van der Waals surface area contributed by atoms with Gasteiger partial charge in [-0.15, -0.1) is 0 Å². The number of nitrogen functional groups attached to an aromatic ring is 1. The minimum Gasteiger partial charge on any atom is -0.398 e. The molecule has 0 fully saturated rings. The molecule has 2 N–H and O–H groups in total. The second kappa shape index (κ2) is 5.63. The van der Waals surface area contributed by atoms with Crippen molar-refractivity contribution in [3.8, 4) is 0 Å². The van der Waals surface area contributed by atoms with Crippen LogP contribution in [0, 0.1) is 12.7 Å². The molecule has 0 amide bonds. The van der Waals surface area contributed by atoms with E-state index in [2.05, 4.69) is 0 Å². The number of sulfone groups is 1. The number of nitrogens with two attached hydrogens (primary N) is 1. The zero-order valence-electron chi connectivity index (χ0n) is 11.1. The van der Waals surface area contributed by atoms with E-state index in [1.165, 1.54) is 12.1 Å². The number of aryl methyl sites for hydroxylation is 1. The summed E-state index contributed by atoms with van der Waals surface area (Å²) in [6.45, 7) is 1.91. The number of hydrogen-bond acceptors (Lipinski definition) is 3. The van der Waals surface area contributed by atoms with Crippen molar-refractivity contribution >= 4 is 15.5 Å². The highest BCUT2D eigenvalue weighted by molar-refractivity contribution is 7.89. The molecule has 0 unspecified atom stereocenters. The van der Waals surface area contributed by atoms with Crippen molar-refractivity contribution in [2.24, 2.45) is 0 Å². The Morgan fingerprint density at radius 1 is 1.10 bits per heavy atom. The van der Waals surface area contributed by atoms with Gasteiger partial charge in [0.1, 0.15) is 5.82 Å². The van der Waals surface area contributed by atoms with Gasteiger partial charge >= 0.3 is 0 Å². The van der Waals surface area contributed by atoms with Crippen LogP contribution >= 0.6 is 0 Å². The number of hydrogen-bond donors (Lipinski definition) is 1. The van der Waals surface area contributed by atoms with E-state index in [0.717, 1.165) is 17.2 Å². The first kappa shape index (κ1) is 14.5. The molecule has 0 spiro atoms. The second-order valence-electron chi connectivity index (χ2n) is 4.86. The van der Waals surface area contributed by atoms with E-state index in [4.69, 9.17) is 5.73 Å². The Balaban J connectivity index is 2.19. The molecule has 20 heavy (non-hydrogen) atoms. The largest absolute Gasteiger partial charge is 0.398 e. The first-order valence-corrected chi connectivity index (χ1v) is 7.98. The SMILES string of the molecule is Cc1cccc(CS(=O)(=O)Cc2ccc(F)cc2N)c1. The van der Waals surface area contributed by atoms with E-state index in [1.807, 2.05) is 25.1 Å². The van der Waals surface area contributed by atoms with Crippen LogP contribution in [0.2, 0.25) is 0 Å². The van der Waals surface area contributed by atoms with Crippen LogP contribution in [0.4, 0.5) is 10.1 Å². The summed E-state index contributed by atoms with van der Waals surface area (Å²) in [7, 11) is -3.34. The molecule has 0 atom stereocenters. The van der Waals surface area contributed by atoms with Gasteiger partial charge in [-0.1, -0.05) is 35.9 Å². The van der Waals surface area contributed by atoms with Crippen molar-refractivity contribution in [3.63, 3.8) is 0 Å². The van der Waals surface area contributed by atoms with Crippen molar-refractivity contribution in [2.45, 2.75) is 18.4 Å². The smallest absolute Gasteiger partial charge is 0.158 e. The van der Waals surface area contributed by atoms with Crippen LogP contribution in [-0.2, 0) is 21.3 Å². The Labute approximate surface area is 118 Å². The Hall–Kier alpha value is -1.88. The van der Waals surface area contributed by atoms with Crippen molar-refractivity contribution in [2.75, 3.05) is 5.73 Å². The van der Waals surface area contributed by atoms with Gasteiger partial charge < -0.3 is 5.73 Å². The monoisotopic (exact) mass is 293 g/mol. The zero-order valence-corrected chi connectivity index (χ0v) is 12.0. The summed E-state index contributed by atoms with van der Waals surface area (Å²) in [4.78, 5) is 0. The summed E-state index contributed by atoms with van der Waals surface area (Å²) < 4.78 is 37.3. The third-order valence-corrected chi connectivity index (χ3v) is 4.48. The highest BCUT2D eigenvalue weighted by atomic mass is 32.2. The molecule has 0 radical (unpaired) electrons. The number of rotatable bonds is 4. The molecule has 0 aliphatic heterocycles. The Morgan fingerprint density at radius 3 is 2.50 bits per heavy atom. The van der Waals surface area contributed by atoms with E-state index in [9.17, 15) is 12.8 Å². The third-order valence-electron chi connectivity index (χ3n) is 2.95. The summed E-state index contributed by atoms with van der Waals surface area (Å²) in [5.41, 5.74) is 7.99. The lowest BCUT2D eigenvalue weighted by atomic mass is 10.2. The quantitative estimate of drug-likeness (QED) is 0.882. The standard InChI is InChI=1S/C15H16FNO2S/c1-11-3-2-4-12(7-11)9-20(18,19)10-13-5-6-14(16)8-15(13)17/h2-8H,9-10,17H2,1H3. The second-order valence-corrected chi connectivity index (χ2v) is 6.93. The Bertz CT molecular complexity index is 726. The molecule has 0 aliphatic carbocycles. The third kappa shape index (κ3) is 3.81. The van der Waals surface area contributed by atoms with Crippen molar-refractivity contribution in [1.29, 1.82) is 0 Å². The van der Waals surface area contributed by atoms with Crippen molar-refractivity contribution in [3.05, 3.63) is 65.0 Å². The molecular weight excluding hydrogens is 277 g/mol. The Kier molecular flexibility index (Phi) is 4.09. The molecule has 3 nitrogen and oxygen atoms in total. The van der Waals surface area contributed by atoms with Crippen LogP contribution in [0.1, 0.15) is 16.7 Å². The van der Waals surface area contributed by atoms with Gasteiger partial charge in [-0.05, 0) is 30.2 Å². The van der Waals surface area contributed by atoms with E-state index in [0.29, 0.717) is 5.56 Å². The maximum atomic E-state index is 12.9. The molecule has 2 aromatic rings. The molecule has 0 saturated carbocycles. The van der Waals surface area contributed by atoms with Crippen LogP contribution in [0.15, 0.2) is 42.5 Å². The lowest BCUT2D eigenvalue weighted by Gasteiger charge is -2.08. The van der Waals surface area contributed by atoms with Gasteiger partial charge in [0, 0.05) is 5.69 Å². The van der Waals surface area contributed by atoms with Crippen LogP contribution in [0.25, 0.3) is 0 Å². The normalized spacial score (nSPS) is 11.5. The minimum atomic E-state index is -3.34. The first-order chi connectivity index (χ1) is 9.35. The van der Waals surface area contributed by atoms with Crippen LogP contribution in [0.3, 0.4) is 0 Å². The molecule has 0 saturated heterocycles. The van der Waals surface area contributed by atoms with Crippen LogP contribution in [0.5, 0.6) is 0 Å². The van der Waals surface area contributed by atoms with Gasteiger partial charge in [0.2, 0.25) is 0 Å². The van der Waals surface area contributed by atoms with E-state index in [-0.39, 0.29) is 17.2 Å². The van der Waals surface area contributed by atoms with E-state index < -0.39 is 15.7 Å². The molecule has 0 heterocycles. The van der Waals surface area contributed by atoms with Gasteiger partial charge in [0.25, 0.3) is 0 Å². The van der Waals surface area contributed by atoms with Gasteiger partial charge in [-0.2, -0.15) is 0 Å². The fourth-order valence-corrected chi connectivity index (χ4v) is 3.57. The summed E-state index contributed by atoms with van der Waals surface area (Å²) >= 11 is 0. The molecule has 2 aromatic carbocycles. The van der Waals surface area contributed by atoms with E-state index >= 15 is 0 Å². The van der Waals surface area contributed by atoms with Crippen LogP contribution in [-0.4, -0.2) is 8.42 Å². The summed E-state index contributed by atoms with van der Waals surface area (Å²) in [5.74, 6) is -0.708. The highest BCUT2D eigenvalue weighted by Gasteiger charge is 2.15. The molecule has 0 bridgehead atoms. The maximum Gasteiger partial charge on any atom is 0.158 e. The Morgan fingerprint density at radius 2 is 1.85 bits per heavy atom. The van der Waals surface area contributed by atoms with Crippen molar-refractivity contribution in [1.82, 2.24) is 0 Å². The zero-order chi connectivity index (χ0) is 14.8. The summed E-state index contributed by atoms with van der Waals surface area (Å²) in [5, 5.41) is 0. The molecule has 0 aromatic heterocycles. The van der Waals surface area contributed by atoms with Crippen LogP contribution < -0.4 is 5.73 Å². The van der Waals surface area contributed by atoms with Gasteiger partial charge in [0.15, 0.2) is 9.84 Å². The fraction of sp³-hybridized carbons (Fsp3) is 0.200. The predicted octanol–water partition coefficient (Wildman–Crippen LogP) is 2.83. The minimum absolute atomic E-state index is 0.0501. The topological polar surface area (TPSA) is 60.2 Å². The predicted molar refractivity (Wildman–Crippen MR) is 78.3 cm³/mol. The summed E-state index contributed by atoms with van der Waals surface area (Å²) in [6, 6.07) is 11.1. The molecule has 5 heteroatoms. The average Bonchev–Trinajstić information content (AvgIpc) is 2.32. The average molecular weight is 293 g/mol. The maximum absolute atomic E-state index is 12.9. The number of halogens is 1. The molecule has 2 rings (SSSR count). The first-order valence-electron chi connectivity index (χ1n) is 6.15. The number of anilines is 1. The van der Waals surface area contributed by atoms with Gasteiger partial charge in [-0.3, -0.25) is 0 Å². The summed E-state index contributed by atoms with van der Waals surface area (Å²) in [6.07, 6.45) is 0. The molecule has 0 aliphatic rings. The lowest BCUT2D eigenvalue weighted by Crippen LogP contribution is -2.09.